The zero-order valence-electron chi connectivity index (χ0n) is 15.6. The molecule has 0 atom stereocenters. The van der Waals surface area contributed by atoms with E-state index >= 15 is 0 Å². The van der Waals surface area contributed by atoms with Crippen molar-refractivity contribution in [3.8, 4) is 0 Å². The molecule has 0 unspecified atom stereocenters. The van der Waals surface area contributed by atoms with Crippen molar-refractivity contribution in [2.75, 3.05) is 39.2 Å². The van der Waals surface area contributed by atoms with E-state index in [2.05, 4.69) is 37.4 Å². The molecule has 0 aliphatic carbocycles. The average Bonchev–Trinajstić information content (AvgIpc) is 2.65. The van der Waals surface area contributed by atoms with Crippen molar-refractivity contribution < 1.29 is 14.3 Å². The highest BCUT2D eigenvalue weighted by molar-refractivity contribution is 8.76. The zero-order chi connectivity index (χ0) is 18.3. The molecule has 0 saturated heterocycles. The Bertz CT molecular complexity index is 475. The van der Waals surface area contributed by atoms with Gasteiger partial charge in [0.2, 0.25) is 5.91 Å². The van der Waals surface area contributed by atoms with Crippen molar-refractivity contribution >= 4 is 27.5 Å². The Balaban J connectivity index is 2.01. The van der Waals surface area contributed by atoms with E-state index in [1.807, 2.05) is 21.6 Å². The van der Waals surface area contributed by atoms with Crippen LogP contribution < -0.4 is 5.32 Å². The monoisotopic (exact) mass is 385 g/mol. The van der Waals surface area contributed by atoms with Crippen LogP contribution in [0.3, 0.4) is 0 Å². The van der Waals surface area contributed by atoms with Gasteiger partial charge in [0.25, 0.3) is 0 Å². The standard InChI is InChI=1S/C19H31NO3S2/c1-4-16-12-17(5-2)14-18(13-16)15-25-24-11-10-23-9-8-22-7-6-19(21)20-3/h12-14H,4-11,15H2,1-3H3,(H,20,21). The second-order valence-corrected chi connectivity index (χ2v) is 8.18. The molecule has 0 aliphatic rings. The van der Waals surface area contributed by atoms with Crippen LogP contribution in [0.15, 0.2) is 18.2 Å². The highest BCUT2D eigenvalue weighted by Gasteiger charge is 2.01. The molecule has 1 N–H and O–H groups in total. The van der Waals surface area contributed by atoms with E-state index in [4.69, 9.17) is 9.47 Å². The fourth-order valence-corrected chi connectivity index (χ4v) is 4.11. The maximum atomic E-state index is 11.0. The van der Waals surface area contributed by atoms with Crippen LogP contribution in [0.5, 0.6) is 0 Å². The molecule has 0 bridgehead atoms. The van der Waals surface area contributed by atoms with E-state index in [9.17, 15) is 4.79 Å². The smallest absolute Gasteiger partial charge is 0.222 e. The normalized spacial score (nSPS) is 10.8. The maximum Gasteiger partial charge on any atom is 0.222 e. The molecule has 1 aromatic rings. The molecular formula is C19H31NO3S2. The first kappa shape index (κ1) is 22.4. The second kappa shape index (κ2) is 14.5. The summed E-state index contributed by atoms with van der Waals surface area (Å²) in [6, 6.07) is 6.95. The number of nitrogens with one attached hydrogen (secondary N) is 1. The zero-order valence-corrected chi connectivity index (χ0v) is 17.3. The van der Waals surface area contributed by atoms with Gasteiger partial charge in [-0.1, -0.05) is 53.6 Å². The summed E-state index contributed by atoms with van der Waals surface area (Å²) in [5, 5.41) is 2.56. The number of rotatable bonds is 14. The van der Waals surface area contributed by atoms with Gasteiger partial charge in [0, 0.05) is 25.0 Å². The fraction of sp³-hybridized carbons (Fsp3) is 0.632. The number of benzene rings is 1. The summed E-state index contributed by atoms with van der Waals surface area (Å²) in [5.41, 5.74) is 4.28. The summed E-state index contributed by atoms with van der Waals surface area (Å²) in [6.45, 7) is 6.71. The van der Waals surface area contributed by atoms with Crippen molar-refractivity contribution in [1.29, 1.82) is 0 Å². The third-order valence-corrected chi connectivity index (χ3v) is 5.98. The Morgan fingerprint density at radius 1 is 0.920 bits per heavy atom. The van der Waals surface area contributed by atoms with Gasteiger partial charge in [0.15, 0.2) is 0 Å². The maximum absolute atomic E-state index is 11.0. The molecule has 0 spiro atoms. The predicted octanol–water partition coefficient (Wildman–Crippen LogP) is 3.86. The SMILES string of the molecule is CCc1cc(CC)cc(CSSCCOCCOCCC(=O)NC)c1. The molecule has 0 saturated carbocycles. The van der Waals surface area contributed by atoms with E-state index in [0.717, 1.165) is 31.0 Å². The summed E-state index contributed by atoms with van der Waals surface area (Å²) in [5.74, 6) is 2.01. The van der Waals surface area contributed by atoms with E-state index in [1.165, 1.54) is 16.7 Å². The van der Waals surface area contributed by atoms with Crippen molar-refractivity contribution in [2.45, 2.75) is 38.9 Å². The van der Waals surface area contributed by atoms with Crippen LogP contribution in [-0.4, -0.2) is 45.1 Å². The minimum Gasteiger partial charge on any atom is -0.379 e. The van der Waals surface area contributed by atoms with Crippen molar-refractivity contribution in [2.24, 2.45) is 0 Å². The number of ether oxygens (including phenoxy) is 2. The summed E-state index contributed by atoms with van der Waals surface area (Å²) in [6.07, 6.45) is 2.59. The first-order chi connectivity index (χ1) is 12.2. The predicted molar refractivity (Wildman–Crippen MR) is 109 cm³/mol. The molecule has 4 nitrogen and oxygen atoms in total. The van der Waals surface area contributed by atoms with Gasteiger partial charge in [-0.3, -0.25) is 4.79 Å². The number of hydrogen-bond donors (Lipinski definition) is 1. The van der Waals surface area contributed by atoms with Gasteiger partial charge in [0.05, 0.1) is 26.4 Å². The Kier molecular flexibility index (Phi) is 12.9. The van der Waals surface area contributed by atoms with Crippen molar-refractivity contribution in [3.63, 3.8) is 0 Å². The van der Waals surface area contributed by atoms with E-state index < -0.39 is 0 Å². The highest BCUT2D eigenvalue weighted by atomic mass is 33.1. The van der Waals surface area contributed by atoms with Gasteiger partial charge in [0.1, 0.15) is 0 Å². The quantitative estimate of drug-likeness (QED) is 0.389. The Labute approximate surface area is 160 Å². The van der Waals surface area contributed by atoms with Crippen LogP contribution in [0, 0.1) is 0 Å². The Hall–Kier alpha value is -0.690. The molecule has 0 aromatic heterocycles. The molecule has 0 heterocycles. The molecular weight excluding hydrogens is 354 g/mol. The van der Waals surface area contributed by atoms with Crippen LogP contribution in [0.1, 0.15) is 37.0 Å². The third kappa shape index (κ3) is 10.8. The average molecular weight is 386 g/mol. The molecule has 0 fully saturated rings. The fourth-order valence-electron chi connectivity index (χ4n) is 2.20. The van der Waals surface area contributed by atoms with Crippen LogP contribution in [-0.2, 0) is 32.9 Å². The first-order valence-electron chi connectivity index (χ1n) is 8.91. The third-order valence-electron chi connectivity index (χ3n) is 3.67. The van der Waals surface area contributed by atoms with Gasteiger partial charge < -0.3 is 14.8 Å². The topological polar surface area (TPSA) is 47.6 Å². The lowest BCUT2D eigenvalue weighted by Crippen LogP contribution is -2.19. The van der Waals surface area contributed by atoms with Crippen LogP contribution in [0.25, 0.3) is 0 Å². The minimum absolute atomic E-state index is 0.00451. The van der Waals surface area contributed by atoms with Gasteiger partial charge in [-0.2, -0.15) is 0 Å². The van der Waals surface area contributed by atoms with Gasteiger partial charge in [-0.05, 0) is 29.5 Å². The largest absolute Gasteiger partial charge is 0.379 e. The van der Waals surface area contributed by atoms with Gasteiger partial charge >= 0.3 is 0 Å². The summed E-state index contributed by atoms with van der Waals surface area (Å²) in [7, 11) is 5.36. The highest BCUT2D eigenvalue weighted by Crippen LogP contribution is 2.26. The minimum atomic E-state index is 0.00451. The summed E-state index contributed by atoms with van der Waals surface area (Å²) in [4.78, 5) is 11.0. The second-order valence-electron chi connectivity index (χ2n) is 5.60. The number of hydrogen-bond acceptors (Lipinski definition) is 5. The molecule has 1 amide bonds. The molecule has 25 heavy (non-hydrogen) atoms. The molecule has 1 aromatic carbocycles. The van der Waals surface area contributed by atoms with Crippen molar-refractivity contribution in [1.82, 2.24) is 5.32 Å². The van der Waals surface area contributed by atoms with E-state index in [-0.39, 0.29) is 5.91 Å². The lowest BCUT2D eigenvalue weighted by atomic mass is 10.0. The Morgan fingerprint density at radius 2 is 1.52 bits per heavy atom. The number of carbonyl (C=O) groups excluding carboxylic acids is 1. The number of amides is 1. The molecule has 0 radical (unpaired) electrons. The summed E-state index contributed by atoms with van der Waals surface area (Å²) >= 11 is 0. The number of carbonyl (C=O) groups is 1. The number of aryl methyl sites for hydroxylation is 2. The van der Waals surface area contributed by atoms with Gasteiger partial charge in [-0.15, -0.1) is 0 Å². The summed E-state index contributed by atoms with van der Waals surface area (Å²) < 4.78 is 10.9. The van der Waals surface area contributed by atoms with Crippen LogP contribution in [0.2, 0.25) is 0 Å². The lowest BCUT2D eigenvalue weighted by Gasteiger charge is -2.08. The lowest BCUT2D eigenvalue weighted by molar-refractivity contribution is -0.121. The first-order valence-corrected chi connectivity index (χ1v) is 11.4. The van der Waals surface area contributed by atoms with E-state index in [0.29, 0.717) is 26.2 Å². The Morgan fingerprint density at radius 3 is 2.12 bits per heavy atom. The van der Waals surface area contributed by atoms with Crippen LogP contribution >= 0.6 is 21.6 Å². The molecule has 0 aliphatic heterocycles. The van der Waals surface area contributed by atoms with Gasteiger partial charge in [-0.25, -0.2) is 0 Å². The molecule has 6 heteroatoms. The van der Waals surface area contributed by atoms with E-state index in [1.54, 1.807) is 7.05 Å². The van der Waals surface area contributed by atoms with Crippen LogP contribution in [0.4, 0.5) is 0 Å². The molecule has 1 rings (SSSR count). The van der Waals surface area contributed by atoms with Crippen molar-refractivity contribution in [3.05, 3.63) is 34.9 Å². The molecule has 142 valence electrons.